The Morgan fingerprint density at radius 1 is 1.11 bits per heavy atom. The summed E-state index contributed by atoms with van der Waals surface area (Å²) >= 11 is 0. The zero-order valence-corrected chi connectivity index (χ0v) is 25.8. The first-order valence-corrected chi connectivity index (χ1v) is 15.4. The summed E-state index contributed by atoms with van der Waals surface area (Å²) in [5.74, 6) is 1.42. The first-order valence-electron chi connectivity index (χ1n) is 15.4. The van der Waals surface area contributed by atoms with Crippen molar-refractivity contribution in [3.8, 4) is 11.9 Å². The predicted octanol–water partition coefficient (Wildman–Crippen LogP) is 4.94. The summed E-state index contributed by atoms with van der Waals surface area (Å²) in [7, 11) is 1.39. The molecule has 234 valence electrons. The third-order valence-corrected chi connectivity index (χ3v) is 8.55. The number of esters is 1. The Labute approximate surface area is 261 Å². The molecule has 0 bridgehead atoms. The molecule has 1 spiro atoms. The number of rotatable bonds is 9. The number of anilines is 1. The molecule has 3 saturated heterocycles. The standard InChI is InChI=1S/C32H31FN6O4.C2H6/c1-41-31(40)22-7-8-26-27(12-22)39(14-24-9-10-42-24)29(35-26)15-37-17-32(18-37)19-38(20-32)28-3-2-4-30(36-28)43-16-23-6-5-21(13-34)11-25(23)33;1-2/h2-8,11-12,24H,9-10,14-20H2,1H3;1-2H3. The van der Waals surface area contributed by atoms with Gasteiger partial charge < -0.3 is 23.7 Å². The minimum absolute atomic E-state index is 0.0362. The highest BCUT2D eigenvalue weighted by Gasteiger charge is 2.52. The molecule has 7 rings (SSSR count). The summed E-state index contributed by atoms with van der Waals surface area (Å²) in [6, 6.07) is 17.4. The largest absolute Gasteiger partial charge is 0.473 e. The maximum atomic E-state index is 14.2. The summed E-state index contributed by atoms with van der Waals surface area (Å²) in [4.78, 5) is 26.4. The smallest absolute Gasteiger partial charge is 0.337 e. The van der Waals surface area contributed by atoms with Gasteiger partial charge in [-0.1, -0.05) is 26.0 Å². The Kier molecular flexibility index (Phi) is 8.70. The van der Waals surface area contributed by atoms with Crippen LogP contribution < -0.4 is 9.64 Å². The van der Waals surface area contributed by atoms with E-state index in [1.165, 1.54) is 13.2 Å². The number of halogens is 1. The molecule has 11 heteroatoms. The molecule has 45 heavy (non-hydrogen) atoms. The second-order valence-electron chi connectivity index (χ2n) is 11.7. The summed E-state index contributed by atoms with van der Waals surface area (Å²) < 4.78 is 32.8. The van der Waals surface area contributed by atoms with Gasteiger partial charge in [0, 0.05) is 49.8 Å². The van der Waals surface area contributed by atoms with Crippen LogP contribution in [0.3, 0.4) is 0 Å². The van der Waals surface area contributed by atoms with Crippen molar-refractivity contribution < 1.29 is 23.4 Å². The molecule has 0 radical (unpaired) electrons. The number of nitriles is 1. The lowest BCUT2D eigenvalue weighted by atomic mass is 9.73. The lowest BCUT2D eigenvalue weighted by Gasteiger charge is -2.60. The molecule has 2 aromatic heterocycles. The van der Waals surface area contributed by atoms with Gasteiger partial charge in [-0.05, 0) is 42.8 Å². The van der Waals surface area contributed by atoms with E-state index in [0.717, 1.165) is 68.4 Å². The fraction of sp³-hybridized carbons (Fsp3) is 0.412. The van der Waals surface area contributed by atoms with Crippen molar-refractivity contribution >= 4 is 22.8 Å². The zero-order chi connectivity index (χ0) is 31.6. The summed E-state index contributed by atoms with van der Waals surface area (Å²) in [6.07, 6.45) is 1.18. The molecule has 2 aromatic carbocycles. The number of fused-ring (bicyclic) bond motifs is 1. The summed E-state index contributed by atoms with van der Waals surface area (Å²) in [5, 5.41) is 8.93. The minimum Gasteiger partial charge on any atom is -0.473 e. The molecule has 4 aromatic rings. The van der Waals surface area contributed by atoms with Crippen molar-refractivity contribution in [3.63, 3.8) is 0 Å². The average molecular weight is 613 g/mol. The molecule has 3 fully saturated rings. The molecule has 3 aliphatic rings. The highest BCUT2D eigenvalue weighted by molar-refractivity contribution is 5.93. The lowest BCUT2D eigenvalue weighted by molar-refractivity contribution is -0.0604. The van der Waals surface area contributed by atoms with Crippen LogP contribution in [-0.4, -0.2) is 71.4 Å². The molecular weight excluding hydrogens is 575 g/mol. The van der Waals surface area contributed by atoms with Crippen LogP contribution in [0.1, 0.15) is 47.6 Å². The Morgan fingerprint density at radius 2 is 1.91 bits per heavy atom. The van der Waals surface area contributed by atoms with E-state index in [9.17, 15) is 9.18 Å². The fourth-order valence-electron chi connectivity index (χ4n) is 6.26. The number of hydrogen-bond acceptors (Lipinski definition) is 9. The van der Waals surface area contributed by atoms with Gasteiger partial charge in [-0.15, -0.1) is 0 Å². The van der Waals surface area contributed by atoms with Crippen molar-refractivity contribution in [3.05, 3.63) is 82.9 Å². The molecule has 0 aliphatic carbocycles. The molecule has 0 saturated carbocycles. The van der Waals surface area contributed by atoms with Gasteiger partial charge in [0.15, 0.2) is 0 Å². The zero-order valence-electron chi connectivity index (χ0n) is 25.8. The molecule has 0 N–H and O–H groups in total. The molecule has 1 atom stereocenters. The van der Waals surface area contributed by atoms with E-state index in [0.29, 0.717) is 23.6 Å². The van der Waals surface area contributed by atoms with E-state index in [1.54, 1.807) is 24.3 Å². The van der Waals surface area contributed by atoms with Crippen LogP contribution in [0.5, 0.6) is 5.88 Å². The van der Waals surface area contributed by atoms with E-state index in [4.69, 9.17) is 24.5 Å². The number of ether oxygens (including phenoxy) is 3. The number of carbonyl (C=O) groups is 1. The van der Waals surface area contributed by atoms with Gasteiger partial charge in [-0.25, -0.2) is 14.2 Å². The normalized spacial score (nSPS) is 18.2. The maximum absolute atomic E-state index is 14.2. The van der Waals surface area contributed by atoms with E-state index < -0.39 is 5.82 Å². The minimum atomic E-state index is -0.465. The highest BCUT2D eigenvalue weighted by atomic mass is 19.1. The second kappa shape index (κ2) is 12.8. The number of methoxy groups -OCH3 is 1. The van der Waals surface area contributed by atoms with Crippen molar-refractivity contribution in [2.45, 2.75) is 46.1 Å². The van der Waals surface area contributed by atoms with E-state index in [-0.39, 0.29) is 29.7 Å². The Morgan fingerprint density at radius 3 is 2.60 bits per heavy atom. The monoisotopic (exact) mass is 612 g/mol. The number of nitrogens with zero attached hydrogens (tertiary/aromatic N) is 6. The Bertz CT molecular complexity index is 1730. The van der Waals surface area contributed by atoms with Gasteiger partial charge in [0.1, 0.15) is 24.1 Å². The quantitative estimate of drug-likeness (QED) is 0.243. The fourth-order valence-corrected chi connectivity index (χ4v) is 6.26. The van der Waals surface area contributed by atoms with Crippen LogP contribution in [-0.2, 0) is 29.2 Å². The molecule has 0 amide bonds. The maximum Gasteiger partial charge on any atom is 0.337 e. The molecular formula is C34H37FN6O4. The molecule has 3 aliphatic heterocycles. The first kappa shape index (κ1) is 30.5. The van der Waals surface area contributed by atoms with E-state index >= 15 is 0 Å². The van der Waals surface area contributed by atoms with Crippen LogP contribution in [0.25, 0.3) is 11.0 Å². The number of carbonyl (C=O) groups excluding carboxylic acids is 1. The Hall–Kier alpha value is -4.53. The number of aromatic nitrogens is 3. The lowest BCUT2D eigenvalue weighted by Crippen LogP contribution is -2.72. The van der Waals surface area contributed by atoms with Gasteiger partial charge >= 0.3 is 5.97 Å². The van der Waals surface area contributed by atoms with Gasteiger partial charge in [0.05, 0.1) is 54.5 Å². The second-order valence-corrected chi connectivity index (χ2v) is 11.7. The van der Waals surface area contributed by atoms with Gasteiger partial charge in [0.2, 0.25) is 5.88 Å². The van der Waals surface area contributed by atoms with Crippen molar-refractivity contribution in [1.29, 1.82) is 5.26 Å². The topological polar surface area (TPSA) is 106 Å². The number of imidazole rings is 1. The Balaban J connectivity index is 0.00000175. The first-order chi connectivity index (χ1) is 21.9. The average Bonchev–Trinajstić information content (AvgIpc) is 3.35. The SMILES string of the molecule is CC.COC(=O)c1ccc2nc(CN3CC4(C3)CN(c3cccc(OCc5ccc(C#N)cc5F)n3)C4)n(CC3CCO3)c2c1. The van der Waals surface area contributed by atoms with Gasteiger partial charge in [-0.3, -0.25) is 4.90 Å². The number of benzene rings is 2. The van der Waals surface area contributed by atoms with Crippen LogP contribution in [0.2, 0.25) is 0 Å². The number of pyridine rings is 1. The summed E-state index contributed by atoms with van der Waals surface area (Å²) in [5.41, 5.74) is 3.17. The summed E-state index contributed by atoms with van der Waals surface area (Å²) in [6.45, 7) is 10.00. The van der Waals surface area contributed by atoms with E-state index in [1.807, 2.05) is 44.2 Å². The molecule has 10 nitrogen and oxygen atoms in total. The van der Waals surface area contributed by atoms with E-state index in [2.05, 4.69) is 19.4 Å². The van der Waals surface area contributed by atoms with Crippen molar-refractivity contribution in [1.82, 2.24) is 19.4 Å². The molecule has 1 unspecified atom stereocenters. The van der Waals surface area contributed by atoms with Gasteiger partial charge in [0.25, 0.3) is 0 Å². The van der Waals surface area contributed by atoms with Crippen molar-refractivity contribution in [2.75, 3.05) is 44.8 Å². The predicted molar refractivity (Wildman–Crippen MR) is 166 cm³/mol. The number of likely N-dealkylation sites (tertiary alicyclic amines) is 1. The van der Waals surface area contributed by atoms with Gasteiger partial charge in [-0.2, -0.15) is 10.2 Å². The van der Waals surface area contributed by atoms with Crippen molar-refractivity contribution in [2.24, 2.45) is 5.41 Å². The van der Waals surface area contributed by atoms with Crippen LogP contribution in [0.4, 0.5) is 10.2 Å². The van der Waals surface area contributed by atoms with Crippen LogP contribution in [0.15, 0.2) is 54.6 Å². The highest BCUT2D eigenvalue weighted by Crippen LogP contribution is 2.42. The third kappa shape index (κ3) is 6.21. The third-order valence-electron chi connectivity index (χ3n) is 8.55. The van der Waals surface area contributed by atoms with Crippen LogP contribution >= 0.6 is 0 Å². The molecule has 5 heterocycles. The van der Waals surface area contributed by atoms with Crippen LogP contribution in [0, 0.1) is 22.6 Å². The number of hydrogen-bond donors (Lipinski definition) is 0.